The fourth-order valence-corrected chi connectivity index (χ4v) is 1.39. The molecule has 0 saturated heterocycles. The van der Waals surface area contributed by atoms with Crippen molar-refractivity contribution in [3.63, 3.8) is 0 Å². The SMILES string of the molecule is CN(C)c1ncc(Cl)c(Cl)c1Cl. The lowest BCUT2D eigenvalue weighted by molar-refractivity contribution is 1.07. The highest BCUT2D eigenvalue weighted by atomic mass is 35.5. The van der Waals surface area contributed by atoms with Crippen molar-refractivity contribution in [3.8, 4) is 0 Å². The van der Waals surface area contributed by atoms with Crippen LogP contribution in [0.25, 0.3) is 0 Å². The van der Waals surface area contributed by atoms with E-state index >= 15 is 0 Å². The summed E-state index contributed by atoms with van der Waals surface area (Å²) in [5.41, 5.74) is 0. The van der Waals surface area contributed by atoms with Crippen molar-refractivity contribution < 1.29 is 0 Å². The molecule has 0 saturated carbocycles. The molecule has 0 spiro atoms. The first-order chi connectivity index (χ1) is 5.54. The van der Waals surface area contributed by atoms with E-state index < -0.39 is 0 Å². The lowest BCUT2D eigenvalue weighted by atomic mass is 10.4. The predicted octanol–water partition coefficient (Wildman–Crippen LogP) is 3.11. The normalized spacial score (nSPS) is 10.1. The average molecular weight is 226 g/mol. The molecule has 1 heterocycles. The molecule has 1 aromatic heterocycles. The summed E-state index contributed by atoms with van der Waals surface area (Å²) in [6.45, 7) is 0. The third kappa shape index (κ3) is 1.76. The van der Waals surface area contributed by atoms with Gasteiger partial charge in [0.15, 0.2) is 0 Å². The Balaban J connectivity index is 3.27. The lowest BCUT2D eigenvalue weighted by Crippen LogP contribution is -2.11. The average Bonchev–Trinajstić information content (AvgIpc) is 2.00. The summed E-state index contributed by atoms with van der Waals surface area (Å²) in [5.74, 6) is 0.617. The predicted molar refractivity (Wildman–Crippen MR) is 53.6 cm³/mol. The van der Waals surface area contributed by atoms with E-state index in [0.29, 0.717) is 20.9 Å². The van der Waals surface area contributed by atoms with Crippen LogP contribution in [0.4, 0.5) is 5.82 Å². The summed E-state index contributed by atoms with van der Waals surface area (Å²) >= 11 is 17.4. The minimum absolute atomic E-state index is 0.344. The molecule has 0 aliphatic carbocycles. The van der Waals surface area contributed by atoms with Crippen LogP contribution < -0.4 is 4.90 Å². The smallest absolute Gasteiger partial charge is 0.148 e. The Morgan fingerprint density at radius 3 is 2.25 bits per heavy atom. The summed E-state index contributed by atoms with van der Waals surface area (Å²) in [6.07, 6.45) is 1.48. The van der Waals surface area contributed by atoms with E-state index in [9.17, 15) is 0 Å². The molecule has 0 N–H and O–H groups in total. The van der Waals surface area contributed by atoms with E-state index in [0.717, 1.165) is 0 Å². The van der Waals surface area contributed by atoms with Crippen LogP contribution in [-0.4, -0.2) is 19.1 Å². The van der Waals surface area contributed by atoms with Crippen molar-refractivity contribution in [3.05, 3.63) is 21.3 Å². The Bertz CT molecular complexity index is 299. The van der Waals surface area contributed by atoms with Gasteiger partial charge in [0.25, 0.3) is 0 Å². The molecule has 0 aromatic carbocycles. The summed E-state index contributed by atoms with van der Waals surface area (Å²) in [4.78, 5) is 5.78. The largest absolute Gasteiger partial charge is 0.361 e. The molecule has 66 valence electrons. The number of pyridine rings is 1. The van der Waals surface area contributed by atoms with Crippen molar-refractivity contribution in [2.45, 2.75) is 0 Å². The van der Waals surface area contributed by atoms with Crippen LogP contribution in [0.3, 0.4) is 0 Å². The molecule has 1 rings (SSSR count). The Labute approximate surface area is 86.1 Å². The third-order valence-corrected chi connectivity index (χ3v) is 2.55. The van der Waals surface area contributed by atoms with E-state index in [1.807, 2.05) is 14.1 Å². The number of nitrogens with zero attached hydrogens (tertiary/aromatic N) is 2. The van der Waals surface area contributed by atoms with Gasteiger partial charge < -0.3 is 4.90 Å². The number of hydrogen-bond acceptors (Lipinski definition) is 2. The monoisotopic (exact) mass is 224 g/mol. The highest BCUT2D eigenvalue weighted by molar-refractivity contribution is 6.48. The third-order valence-electron chi connectivity index (χ3n) is 1.32. The number of anilines is 1. The van der Waals surface area contributed by atoms with Gasteiger partial charge in [-0.3, -0.25) is 0 Å². The van der Waals surface area contributed by atoms with Gasteiger partial charge in [-0.2, -0.15) is 0 Å². The first-order valence-electron chi connectivity index (χ1n) is 3.21. The maximum Gasteiger partial charge on any atom is 0.148 e. The van der Waals surface area contributed by atoms with Crippen LogP contribution in [-0.2, 0) is 0 Å². The maximum absolute atomic E-state index is 5.87. The second-order valence-electron chi connectivity index (χ2n) is 2.45. The molecule has 0 amide bonds. The van der Waals surface area contributed by atoms with E-state index in [1.165, 1.54) is 6.20 Å². The van der Waals surface area contributed by atoms with E-state index in [2.05, 4.69) is 4.98 Å². The van der Waals surface area contributed by atoms with Crippen molar-refractivity contribution in [2.75, 3.05) is 19.0 Å². The van der Waals surface area contributed by atoms with Crippen molar-refractivity contribution in [2.24, 2.45) is 0 Å². The first-order valence-corrected chi connectivity index (χ1v) is 4.34. The second-order valence-corrected chi connectivity index (χ2v) is 3.62. The fourth-order valence-electron chi connectivity index (χ4n) is 0.746. The van der Waals surface area contributed by atoms with Crippen LogP contribution in [0.5, 0.6) is 0 Å². The van der Waals surface area contributed by atoms with Crippen molar-refractivity contribution in [1.82, 2.24) is 4.98 Å². The van der Waals surface area contributed by atoms with Gasteiger partial charge in [0, 0.05) is 20.3 Å². The highest BCUT2D eigenvalue weighted by Crippen LogP contribution is 2.34. The minimum Gasteiger partial charge on any atom is -0.361 e. The minimum atomic E-state index is 0.344. The Morgan fingerprint density at radius 1 is 1.17 bits per heavy atom. The molecule has 0 aliphatic rings. The van der Waals surface area contributed by atoms with Crippen LogP contribution in [0.15, 0.2) is 6.20 Å². The Hall–Kier alpha value is -0.180. The zero-order valence-corrected chi connectivity index (χ0v) is 8.87. The first kappa shape index (κ1) is 9.90. The standard InChI is InChI=1S/C7H7Cl3N2/c1-12(2)7-6(10)5(9)4(8)3-11-7/h3H,1-2H3. The number of aromatic nitrogens is 1. The summed E-state index contributed by atoms with van der Waals surface area (Å²) in [6, 6.07) is 0. The molecule has 1 aromatic rings. The van der Waals surface area contributed by atoms with Gasteiger partial charge in [0.2, 0.25) is 0 Å². The summed E-state index contributed by atoms with van der Waals surface area (Å²) in [5, 5.41) is 1.10. The van der Waals surface area contributed by atoms with Crippen LogP contribution in [0, 0.1) is 0 Å². The Kier molecular flexibility index (Phi) is 3.04. The van der Waals surface area contributed by atoms with Gasteiger partial charge in [-0.05, 0) is 0 Å². The maximum atomic E-state index is 5.87. The van der Waals surface area contributed by atoms with Gasteiger partial charge in [-0.1, -0.05) is 34.8 Å². The lowest BCUT2D eigenvalue weighted by Gasteiger charge is -2.13. The second kappa shape index (κ2) is 3.69. The quantitative estimate of drug-likeness (QED) is 0.730. The summed E-state index contributed by atoms with van der Waals surface area (Å²) < 4.78 is 0. The van der Waals surface area contributed by atoms with Crippen LogP contribution >= 0.6 is 34.8 Å². The number of halogens is 3. The number of rotatable bonds is 1. The van der Waals surface area contributed by atoms with E-state index in [-0.39, 0.29) is 0 Å². The molecular weight excluding hydrogens is 218 g/mol. The Morgan fingerprint density at radius 2 is 1.75 bits per heavy atom. The topological polar surface area (TPSA) is 16.1 Å². The molecule has 5 heteroatoms. The van der Waals surface area contributed by atoms with Gasteiger partial charge >= 0.3 is 0 Å². The van der Waals surface area contributed by atoms with Gasteiger partial charge in [-0.15, -0.1) is 0 Å². The molecular formula is C7H7Cl3N2. The van der Waals surface area contributed by atoms with Crippen LogP contribution in [0.2, 0.25) is 15.1 Å². The van der Waals surface area contributed by atoms with Crippen molar-refractivity contribution in [1.29, 1.82) is 0 Å². The molecule has 0 bridgehead atoms. The van der Waals surface area contributed by atoms with Gasteiger partial charge in [-0.25, -0.2) is 4.98 Å². The fraction of sp³-hybridized carbons (Fsp3) is 0.286. The molecule has 0 aliphatic heterocycles. The molecule has 0 unspecified atom stereocenters. The van der Waals surface area contributed by atoms with Gasteiger partial charge in [0.1, 0.15) is 10.8 Å². The number of hydrogen-bond donors (Lipinski definition) is 0. The van der Waals surface area contributed by atoms with E-state index in [1.54, 1.807) is 4.90 Å². The zero-order valence-electron chi connectivity index (χ0n) is 6.61. The van der Waals surface area contributed by atoms with Crippen molar-refractivity contribution >= 4 is 40.6 Å². The molecule has 0 atom stereocenters. The molecule has 12 heavy (non-hydrogen) atoms. The summed E-state index contributed by atoms with van der Waals surface area (Å²) in [7, 11) is 3.66. The zero-order chi connectivity index (χ0) is 9.30. The molecule has 0 fully saturated rings. The van der Waals surface area contributed by atoms with Gasteiger partial charge in [0.05, 0.1) is 10.0 Å². The van der Waals surface area contributed by atoms with Crippen LogP contribution in [0.1, 0.15) is 0 Å². The molecule has 2 nitrogen and oxygen atoms in total. The highest BCUT2D eigenvalue weighted by Gasteiger charge is 2.10. The molecule has 0 radical (unpaired) electrons. The van der Waals surface area contributed by atoms with E-state index in [4.69, 9.17) is 34.8 Å².